The molecular formula is C24H32N2O3. The Kier molecular flexibility index (Phi) is 8.11. The highest BCUT2D eigenvalue weighted by molar-refractivity contribution is 5.43. The highest BCUT2D eigenvalue weighted by Gasteiger charge is 2.11. The van der Waals surface area contributed by atoms with E-state index in [1.807, 2.05) is 19.1 Å². The molecule has 1 aliphatic rings. The van der Waals surface area contributed by atoms with Crippen LogP contribution in [-0.2, 0) is 24.4 Å². The molecular weight excluding hydrogens is 364 g/mol. The summed E-state index contributed by atoms with van der Waals surface area (Å²) >= 11 is 0. The smallest absolute Gasteiger partial charge is 0.161 e. The van der Waals surface area contributed by atoms with E-state index in [2.05, 4.69) is 47.1 Å². The van der Waals surface area contributed by atoms with E-state index in [0.717, 1.165) is 68.6 Å². The predicted octanol–water partition coefficient (Wildman–Crippen LogP) is 3.77. The van der Waals surface area contributed by atoms with Gasteiger partial charge in [-0.05, 0) is 41.3 Å². The van der Waals surface area contributed by atoms with Crippen molar-refractivity contribution in [3.63, 3.8) is 0 Å². The van der Waals surface area contributed by atoms with E-state index in [0.29, 0.717) is 6.61 Å². The first kappa shape index (κ1) is 21.4. The molecule has 1 saturated heterocycles. The number of hydrogen-bond acceptors (Lipinski definition) is 5. The van der Waals surface area contributed by atoms with Crippen molar-refractivity contribution < 1.29 is 14.2 Å². The minimum atomic E-state index is 0.489. The van der Waals surface area contributed by atoms with Crippen molar-refractivity contribution >= 4 is 0 Å². The molecule has 0 unspecified atom stereocenters. The molecule has 0 saturated carbocycles. The third kappa shape index (κ3) is 6.89. The third-order valence-corrected chi connectivity index (χ3v) is 4.86. The third-order valence-electron chi connectivity index (χ3n) is 4.86. The number of ether oxygens (including phenoxy) is 3. The summed E-state index contributed by atoms with van der Waals surface area (Å²) in [6.07, 6.45) is 0. The van der Waals surface area contributed by atoms with Crippen LogP contribution in [0.15, 0.2) is 54.6 Å². The standard InChI is InChI=1S/C24H32N2O3/c1-19(2)18-29-24-14-21(7-8-23(24)27-3)16-25-15-20-5-4-6-22(13-20)17-26-9-11-28-12-10-26/h4-8,13-14,25H,1,9-12,15-18H2,2-3H3. The summed E-state index contributed by atoms with van der Waals surface area (Å²) in [7, 11) is 1.66. The van der Waals surface area contributed by atoms with Crippen LogP contribution in [0, 0.1) is 0 Å². The maximum Gasteiger partial charge on any atom is 0.161 e. The van der Waals surface area contributed by atoms with Crippen LogP contribution in [0.1, 0.15) is 23.6 Å². The zero-order valence-electron chi connectivity index (χ0n) is 17.6. The Morgan fingerprint density at radius 3 is 2.48 bits per heavy atom. The molecule has 0 aliphatic carbocycles. The Labute approximate surface area is 174 Å². The molecule has 5 heteroatoms. The number of hydrogen-bond donors (Lipinski definition) is 1. The average Bonchev–Trinajstić information content (AvgIpc) is 2.73. The van der Waals surface area contributed by atoms with Crippen LogP contribution in [-0.4, -0.2) is 44.9 Å². The molecule has 1 N–H and O–H groups in total. The SMILES string of the molecule is C=C(C)COc1cc(CNCc2cccc(CN3CCOCC3)c2)ccc1OC. The topological polar surface area (TPSA) is 43.0 Å². The summed E-state index contributed by atoms with van der Waals surface area (Å²) in [5, 5.41) is 3.53. The molecule has 0 aromatic heterocycles. The van der Waals surface area contributed by atoms with E-state index in [1.54, 1.807) is 7.11 Å². The molecule has 5 nitrogen and oxygen atoms in total. The highest BCUT2D eigenvalue weighted by atomic mass is 16.5. The van der Waals surface area contributed by atoms with Crippen LogP contribution in [0.25, 0.3) is 0 Å². The van der Waals surface area contributed by atoms with Crippen LogP contribution < -0.4 is 14.8 Å². The first-order valence-electron chi connectivity index (χ1n) is 10.2. The van der Waals surface area contributed by atoms with Gasteiger partial charge in [-0.3, -0.25) is 4.90 Å². The quantitative estimate of drug-likeness (QED) is 0.619. The zero-order valence-corrected chi connectivity index (χ0v) is 17.6. The molecule has 3 rings (SSSR count). The van der Waals surface area contributed by atoms with Crippen molar-refractivity contribution in [1.29, 1.82) is 0 Å². The summed E-state index contributed by atoms with van der Waals surface area (Å²) in [5.41, 5.74) is 4.79. The fraction of sp³-hybridized carbons (Fsp3) is 0.417. The Balaban J connectivity index is 1.53. The second-order valence-corrected chi connectivity index (χ2v) is 7.54. The van der Waals surface area contributed by atoms with Gasteiger partial charge in [0, 0.05) is 32.7 Å². The highest BCUT2D eigenvalue weighted by Crippen LogP contribution is 2.28. The number of benzene rings is 2. The van der Waals surface area contributed by atoms with Gasteiger partial charge in [-0.1, -0.05) is 36.9 Å². The number of rotatable bonds is 10. The summed E-state index contributed by atoms with van der Waals surface area (Å²) in [6.45, 7) is 12.6. The van der Waals surface area contributed by atoms with Crippen LogP contribution in [0.3, 0.4) is 0 Å². The molecule has 1 heterocycles. The summed E-state index contributed by atoms with van der Waals surface area (Å²) < 4.78 is 16.6. The van der Waals surface area contributed by atoms with Gasteiger partial charge < -0.3 is 19.5 Å². The lowest BCUT2D eigenvalue weighted by molar-refractivity contribution is 0.0342. The van der Waals surface area contributed by atoms with E-state index in [9.17, 15) is 0 Å². The van der Waals surface area contributed by atoms with E-state index in [4.69, 9.17) is 14.2 Å². The fourth-order valence-electron chi connectivity index (χ4n) is 3.35. The Morgan fingerprint density at radius 1 is 1.03 bits per heavy atom. The van der Waals surface area contributed by atoms with E-state index >= 15 is 0 Å². The van der Waals surface area contributed by atoms with Gasteiger partial charge in [-0.15, -0.1) is 0 Å². The average molecular weight is 397 g/mol. The summed E-state index contributed by atoms with van der Waals surface area (Å²) in [4.78, 5) is 2.44. The summed E-state index contributed by atoms with van der Waals surface area (Å²) in [6, 6.07) is 14.9. The largest absolute Gasteiger partial charge is 0.493 e. The van der Waals surface area contributed by atoms with Crippen LogP contribution in [0.5, 0.6) is 11.5 Å². The molecule has 1 aliphatic heterocycles. The lowest BCUT2D eigenvalue weighted by Gasteiger charge is -2.26. The van der Waals surface area contributed by atoms with Gasteiger partial charge >= 0.3 is 0 Å². The van der Waals surface area contributed by atoms with Crippen molar-refractivity contribution in [2.45, 2.75) is 26.6 Å². The molecule has 156 valence electrons. The Bertz CT molecular complexity index is 800. The monoisotopic (exact) mass is 396 g/mol. The van der Waals surface area contributed by atoms with Gasteiger partial charge in [-0.2, -0.15) is 0 Å². The first-order chi connectivity index (χ1) is 14.1. The number of methoxy groups -OCH3 is 1. The molecule has 29 heavy (non-hydrogen) atoms. The minimum absolute atomic E-state index is 0.489. The molecule has 0 bridgehead atoms. The lowest BCUT2D eigenvalue weighted by atomic mass is 10.1. The fourth-order valence-corrected chi connectivity index (χ4v) is 3.35. The molecule has 0 radical (unpaired) electrons. The van der Waals surface area contributed by atoms with E-state index in [1.165, 1.54) is 11.1 Å². The maximum atomic E-state index is 5.82. The molecule has 0 amide bonds. The van der Waals surface area contributed by atoms with Crippen molar-refractivity contribution in [3.8, 4) is 11.5 Å². The van der Waals surface area contributed by atoms with Gasteiger partial charge in [0.05, 0.1) is 20.3 Å². The second kappa shape index (κ2) is 11.0. The van der Waals surface area contributed by atoms with E-state index in [-0.39, 0.29) is 0 Å². The van der Waals surface area contributed by atoms with Crippen LogP contribution >= 0.6 is 0 Å². The molecule has 0 atom stereocenters. The van der Waals surface area contributed by atoms with Gasteiger partial charge in [-0.25, -0.2) is 0 Å². The molecule has 1 fully saturated rings. The zero-order chi connectivity index (χ0) is 20.5. The van der Waals surface area contributed by atoms with Crippen molar-refractivity contribution in [2.24, 2.45) is 0 Å². The number of nitrogens with one attached hydrogen (secondary N) is 1. The van der Waals surface area contributed by atoms with Crippen molar-refractivity contribution in [3.05, 3.63) is 71.3 Å². The number of nitrogens with zero attached hydrogens (tertiary/aromatic N) is 1. The van der Waals surface area contributed by atoms with Crippen LogP contribution in [0.2, 0.25) is 0 Å². The molecule has 2 aromatic carbocycles. The van der Waals surface area contributed by atoms with Gasteiger partial charge in [0.2, 0.25) is 0 Å². The van der Waals surface area contributed by atoms with Gasteiger partial charge in [0.25, 0.3) is 0 Å². The Hall–Kier alpha value is -2.34. The van der Waals surface area contributed by atoms with Crippen molar-refractivity contribution in [1.82, 2.24) is 10.2 Å². The van der Waals surface area contributed by atoms with Crippen molar-refractivity contribution in [2.75, 3.05) is 40.0 Å². The molecule has 0 spiro atoms. The maximum absolute atomic E-state index is 5.82. The Morgan fingerprint density at radius 2 is 1.76 bits per heavy atom. The first-order valence-corrected chi connectivity index (χ1v) is 10.2. The van der Waals surface area contributed by atoms with Gasteiger partial charge in [0.1, 0.15) is 6.61 Å². The van der Waals surface area contributed by atoms with Gasteiger partial charge in [0.15, 0.2) is 11.5 Å². The summed E-state index contributed by atoms with van der Waals surface area (Å²) in [5.74, 6) is 1.49. The predicted molar refractivity (Wildman–Crippen MR) is 116 cm³/mol. The normalized spacial score (nSPS) is 14.6. The number of morpholine rings is 1. The second-order valence-electron chi connectivity index (χ2n) is 7.54. The lowest BCUT2D eigenvalue weighted by Crippen LogP contribution is -2.35. The minimum Gasteiger partial charge on any atom is -0.493 e. The molecule has 2 aromatic rings. The van der Waals surface area contributed by atoms with E-state index < -0.39 is 0 Å². The van der Waals surface area contributed by atoms with Crippen LogP contribution in [0.4, 0.5) is 0 Å².